The molecule has 0 atom stereocenters. The molecule has 4 radical (unpaired) electrons. The minimum atomic E-state index is 0. The van der Waals surface area contributed by atoms with Crippen molar-refractivity contribution in [3.63, 3.8) is 0 Å². The van der Waals surface area contributed by atoms with Crippen LogP contribution in [-0.2, 0) is 0 Å². The fraction of sp³-hybridized carbons (Fsp3) is 0. The van der Waals surface area contributed by atoms with E-state index in [0.717, 1.165) is 0 Å². The molecular formula is H8Ho2O3Pb. The van der Waals surface area contributed by atoms with Crippen LogP contribution in [0.3, 0.4) is 0 Å². The Kier molecular flexibility index (Phi) is 394. The van der Waals surface area contributed by atoms with Crippen LogP contribution in [0, 0.1) is 75.5 Å². The molecule has 0 aromatic carbocycles. The second-order valence-electron chi connectivity index (χ2n) is 0. The predicted octanol–water partition coefficient (Wildman–Crippen LogP) is -3.39. The molecule has 0 spiro atoms. The van der Waals surface area contributed by atoms with Gasteiger partial charge in [0.25, 0.3) is 0 Å². The van der Waals surface area contributed by atoms with Gasteiger partial charge in [0.05, 0.1) is 0 Å². The molecule has 0 saturated carbocycles. The second kappa shape index (κ2) is 40.4. The molecule has 0 aliphatic rings. The summed E-state index contributed by atoms with van der Waals surface area (Å²) in [5, 5.41) is 0. The van der Waals surface area contributed by atoms with Gasteiger partial charge < -0.3 is 16.4 Å². The number of rotatable bonds is 0. The van der Waals surface area contributed by atoms with Gasteiger partial charge in [-0.2, -0.15) is 0 Å². The standard InChI is InChI=1S/2Ho.3H2O.Pb.2H/h;;3*1H2;;;. The summed E-state index contributed by atoms with van der Waals surface area (Å²) in [7, 11) is 0. The SMILES string of the molecule is O.O.O.[Ho].[Ho].[PbH2]. The molecule has 0 aromatic heterocycles. The molecule has 0 fully saturated rings. The van der Waals surface area contributed by atoms with Gasteiger partial charge >= 0.3 is 27.3 Å². The first-order chi connectivity index (χ1) is 0. The van der Waals surface area contributed by atoms with Crippen LogP contribution in [0.4, 0.5) is 0 Å². The van der Waals surface area contributed by atoms with E-state index in [0.29, 0.717) is 0 Å². The topological polar surface area (TPSA) is 94.5 Å². The molecule has 0 unspecified atom stereocenters. The molecule has 0 aliphatic heterocycles. The van der Waals surface area contributed by atoms with Crippen molar-refractivity contribution >= 4 is 27.3 Å². The fourth-order valence-corrected chi connectivity index (χ4v) is 0. The number of hydrogen-bond donors (Lipinski definition) is 0. The maximum absolute atomic E-state index is 0. The summed E-state index contributed by atoms with van der Waals surface area (Å²) in [5.41, 5.74) is 0. The average molecular weight is 593 g/mol. The third-order valence-corrected chi connectivity index (χ3v) is 0. The van der Waals surface area contributed by atoms with Gasteiger partial charge in [-0.25, -0.2) is 0 Å². The van der Waals surface area contributed by atoms with Crippen LogP contribution in [0.2, 0.25) is 0 Å². The van der Waals surface area contributed by atoms with Crippen LogP contribution in [0.15, 0.2) is 0 Å². The first-order valence-electron chi connectivity index (χ1n) is 0. The second-order valence-corrected chi connectivity index (χ2v) is 0. The molecule has 0 amide bonds. The van der Waals surface area contributed by atoms with E-state index >= 15 is 0 Å². The third kappa shape index (κ3) is 26.5. The Hall–Kier alpha value is 3.32. The van der Waals surface area contributed by atoms with Gasteiger partial charge in [0.1, 0.15) is 0 Å². The Morgan fingerprint density at radius 1 is 0.500 bits per heavy atom. The quantitative estimate of drug-likeness (QED) is 0.263. The van der Waals surface area contributed by atoms with Crippen molar-refractivity contribution in [3.8, 4) is 0 Å². The van der Waals surface area contributed by atoms with E-state index in [9.17, 15) is 0 Å². The molecule has 3 nitrogen and oxygen atoms in total. The van der Waals surface area contributed by atoms with E-state index in [1.165, 1.54) is 0 Å². The van der Waals surface area contributed by atoms with Gasteiger partial charge in [-0.15, -0.1) is 0 Å². The zero-order chi connectivity index (χ0) is 0. The molecule has 6 N–H and O–H groups in total. The maximum atomic E-state index is 0. The Morgan fingerprint density at radius 2 is 0.500 bits per heavy atom. The van der Waals surface area contributed by atoms with Gasteiger partial charge in [0.15, 0.2) is 0 Å². The molecular weight excluding hydrogens is 585 g/mol. The molecule has 0 rings (SSSR count). The first kappa shape index (κ1) is 58.5. The third-order valence-electron chi connectivity index (χ3n) is 0. The zero-order valence-corrected chi connectivity index (χ0v) is 12.2. The Morgan fingerprint density at radius 3 is 0.500 bits per heavy atom. The van der Waals surface area contributed by atoms with Crippen LogP contribution in [0.25, 0.3) is 0 Å². The summed E-state index contributed by atoms with van der Waals surface area (Å²) in [6.07, 6.45) is 0. The summed E-state index contributed by atoms with van der Waals surface area (Å²) < 4.78 is 0. The van der Waals surface area contributed by atoms with Crippen LogP contribution >= 0.6 is 0 Å². The van der Waals surface area contributed by atoms with Gasteiger partial charge in [-0.05, 0) is 0 Å². The molecule has 6 heteroatoms. The summed E-state index contributed by atoms with van der Waals surface area (Å²) in [6.45, 7) is 0. The van der Waals surface area contributed by atoms with Gasteiger partial charge in [-0.3, -0.25) is 0 Å². The Labute approximate surface area is 116 Å². The summed E-state index contributed by atoms with van der Waals surface area (Å²) >= 11 is 0. The summed E-state index contributed by atoms with van der Waals surface area (Å²) in [5.74, 6) is 0. The zero-order valence-electron chi connectivity index (χ0n) is 2.81. The van der Waals surface area contributed by atoms with Gasteiger partial charge in [0, 0.05) is 75.5 Å². The predicted molar refractivity (Wildman–Crippen MR) is 19.4 cm³/mol. The summed E-state index contributed by atoms with van der Waals surface area (Å²) in [4.78, 5) is 0. The van der Waals surface area contributed by atoms with Gasteiger partial charge in [-0.1, -0.05) is 0 Å². The van der Waals surface area contributed by atoms with E-state index in [2.05, 4.69) is 0 Å². The van der Waals surface area contributed by atoms with E-state index < -0.39 is 0 Å². The molecule has 6 heavy (non-hydrogen) atoms. The molecule has 0 heterocycles. The van der Waals surface area contributed by atoms with Crippen LogP contribution in [0.1, 0.15) is 0 Å². The van der Waals surface area contributed by atoms with Crippen LogP contribution in [-0.4, -0.2) is 43.7 Å². The van der Waals surface area contributed by atoms with E-state index in [4.69, 9.17) is 0 Å². The van der Waals surface area contributed by atoms with Crippen molar-refractivity contribution in [2.45, 2.75) is 0 Å². The fourth-order valence-electron chi connectivity index (χ4n) is 0. The minimum absolute atomic E-state index is 0. The van der Waals surface area contributed by atoms with E-state index in [1.807, 2.05) is 0 Å². The summed E-state index contributed by atoms with van der Waals surface area (Å²) in [6, 6.07) is 0. The van der Waals surface area contributed by atoms with Crippen LogP contribution < -0.4 is 0 Å². The first-order valence-corrected chi connectivity index (χ1v) is 0. The molecule has 52 valence electrons. The Bertz CT molecular complexity index is 8.75. The Balaban J connectivity index is 0. The number of hydrogen-bond acceptors (Lipinski definition) is 0. The molecule has 0 saturated heterocycles. The monoisotopic (exact) mass is 594 g/mol. The van der Waals surface area contributed by atoms with Crippen molar-refractivity contribution < 1.29 is 91.9 Å². The van der Waals surface area contributed by atoms with E-state index in [1.54, 1.807) is 0 Å². The average Bonchev–Trinajstić information content (AvgIpc) is 0. The van der Waals surface area contributed by atoms with Crippen molar-refractivity contribution in [1.29, 1.82) is 0 Å². The van der Waals surface area contributed by atoms with E-state index in [-0.39, 0.29) is 119 Å². The molecule has 0 aromatic rings. The van der Waals surface area contributed by atoms with Crippen molar-refractivity contribution in [3.05, 3.63) is 0 Å². The normalized spacial score (nSPS) is 0. The molecule has 0 aliphatic carbocycles. The van der Waals surface area contributed by atoms with Crippen molar-refractivity contribution in [2.24, 2.45) is 0 Å². The van der Waals surface area contributed by atoms with Crippen LogP contribution in [0.5, 0.6) is 0 Å². The molecule has 0 bridgehead atoms. The van der Waals surface area contributed by atoms with Crippen molar-refractivity contribution in [2.75, 3.05) is 0 Å². The van der Waals surface area contributed by atoms with Crippen molar-refractivity contribution in [1.82, 2.24) is 0 Å². The van der Waals surface area contributed by atoms with Gasteiger partial charge in [0.2, 0.25) is 0 Å².